The third-order valence-corrected chi connectivity index (χ3v) is 8.55. The number of carbonyl (C=O) groups is 2. The van der Waals surface area contributed by atoms with Crippen LogP contribution in [0.2, 0.25) is 0 Å². The van der Waals surface area contributed by atoms with Crippen molar-refractivity contribution in [3.05, 3.63) is 65.9 Å². The van der Waals surface area contributed by atoms with Crippen molar-refractivity contribution in [2.75, 3.05) is 0 Å². The van der Waals surface area contributed by atoms with Gasteiger partial charge in [-0.2, -0.15) is 0 Å². The number of carboxylic acid groups (broad SMARTS) is 1. The lowest BCUT2D eigenvalue weighted by molar-refractivity contribution is -0.148. The Morgan fingerprint density at radius 2 is 1.94 bits per heavy atom. The van der Waals surface area contributed by atoms with Crippen molar-refractivity contribution in [1.82, 2.24) is 15.0 Å². The van der Waals surface area contributed by atoms with Gasteiger partial charge in [0.05, 0.1) is 16.5 Å². The van der Waals surface area contributed by atoms with E-state index in [-0.39, 0.29) is 17.9 Å². The second-order valence-electron chi connectivity index (χ2n) is 9.29. The minimum Gasteiger partial charge on any atom is -0.489 e. The van der Waals surface area contributed by atoms with E-state index in [2.05, 4.69) is 15.0 Å². The standard InChI is InChI=1S/C25H26N4O6S/c1-14-12-15(18-4-2-3-5-19(18)27-14)13-35-16-6-8-17(9-7-16)36(33,34)29-22-20-10-11-25(28-20,24(26)32)21(22)23(30)31/h2-9,12,20-22,28-29H,10-11,13H2,1H3,(H2,26,32)(H,30,31). The number of carbonyl (C=O) groups excluding carboxylic acids is 1. The zero-order chi connectivity index (χ0) is 25.7. The lowest BCUT2D eigenvalue weighted by Crippen LogP contribution is -2.59. The molecule has 188 valence electrons. The molecule has 36 heavy (non-hydrogen) atoms. The summed E-state index contributed by atoms with van der Waals surface area (Å²) in [6.07, 6.45) is 0.691. The quantitative estimate of drug-likeness (QED) is 0.354. The van der Waals surface area contributed by atoms with Crippen LogP contribution in [0.25, 0.3) is 10.9 Å². The number of hydrogen-bond donors (Lipinski definition) is 4. The van der Waals surface area contributed by atoms with Crippen LogP contribution in [-0.4, -0.2) is 48.0 Å². The predicted octanol–water partition coefficient (Wildman–Crippen LogP) is 1.46. The molecule has 5 N–H and O–H groups in total. The number of benzene rings is 2. The van der Waals surface area contributed by atoms with Gasteiger partial charge in [-0.05, 0) is 56.2 Å². The van der Waals surface area contributed by atoms with Gasteiger partial charge in [0.25, 0.3) is 0 Å². The summed E-state index contributed by atoms with van der Waals surface area (Å²) in [5.74, 6) is -2.90. The van der Waals surface area contributed by atoms with Gasteiger partial charge in [-0.3, -0.25) is 19.9 Å². The number of fused-ring (bicyclic) bond motifs is 3. The molecule has 4 unspecified atom stereocenters. The Morgan fingerprint density at radius 1 is 1.22 bits per heavy atom. The smallest absolute Gasteiger partial charge is 0.310 e. The number of nitrogens with one attached hydrogen (secondary N) is 2. The molecule has 2 aliphatic rings. The summed E-state index contributed by atoms with van der Waals surface area (Å²) in [6, 6.07) is 14.1. The van der Waals surface area contributed by atoms with Crippen LogP contribution in [0, 0.1) is 12.8 Å². The van der Waals surface area contributed by atoms with Crippen molar-refractivity contribution in [3.63, 3.8) is 0 Å². The molecule has 0 spiro atoms. The van der Waals surface area contributed by atoms with E-state index in [1.807, 2.05) is 37.3 Å². The highest BCUT2D eigenvalue weighted by Gasteiger charge is 2.64. The van der Waals surface area contributed by atoms with Crippen LogP contribution in [0.4, 0.5) is 0 Å². The largest absolute Gasteiger partial charge is 0.489 e. The van der Waals surface area contributed by atoms with Crippen LogP contribution in [0.15, 0.2) is 59.5 Å². The van der Waals surface area contributed by atoms with E-state index in [1.54, 1.807) is 12.1 Å². The fraction of sp³-hybridized carbons (Fsp3) is 0.320. The Balaban J connectivity index is 1.31. The number of sulfonamides is 1. The Bertz CT molecular complexity index is 1460. The predicted molar refractivity (Wildman–Crippen MR) is 131 cm³/mol. The van der Waals surface area contributed by atoms with Gasteiger partial charge in [0.2, 0.25) is 15.9 Å². The molecule has 2 bridgehead atoms. The van der Waals surface area contributed by atoms with Crippen LogP contribution in [0.3, 0.4) is 0 Å². The molecule has 2 saturated heterocycles. The van der Waals surface area contributed by atoms with Crippen LogP contribution >= 0.6 is 0 Å². The molecule has 0 aliphatic carbocycles. The fourth-order valence-electron chi connectivity index (χ4n) is 5.41. The molecule has 1 aromatic heterocycles. The van der Waals surface area contributed by atoms with E-state index in [0.717, 1.165) is 22.2 Å². The SMILES string of the molecule is Cc1cc(COc2ccc(S(=O)(=O)NC3C4CCC(C(N)=O)(N4)C3C(=O)O)cc2)c2ccccc2n1. The number of nitrogens with zero attached hydrogens (tertiary/aromatic N) is 1. The maximum Gasteiger partial charge on any atom is 0.310 e. The van der Waals surface area contributed by atoms with Crippen LogP contribution < -0.4 is 20.5 Å². The lowest BCUT2D eigenvalue weighted by Gasteiger charge is -2.32. The maximum atomic E-state index is 13.1. The van der Waals surface area contributed by atoms with E-state index in [9.17, 15) is 23.1 Å². The topological polar surface area (TPSA) is 161 Å². The number of aromatic nitrogens is 1. The monoisotopic (exact) mass is 510 g/mol. The summed E-state index contributed by atoms with van der Waals surface area (Å²) in [4.78, 5) is 28.5. The number of aryl methyl sites for hydroxylation is 1. The van der Waals surface area contributed by atoms with Crippen molar-refractivity contribution in [3.8, 4) is 5.75 Å². The first kappa shape index (κ1) is 24.2. The Hall–Kier alpha value is -3.54. The number of rotatable bonds is 8. The molecule has 0 saturated carbocycles. The first-order valence-corrected chi connectivity index (χ1v) is 13.0. The van der Waals surface area contributed by atoms with Crippen LogP contribution in [-0.2, 0) is 26.2 Å². The number of amides is 1. The van der Waals surface area contributed by atoms with Gasteiger partial charge in [-0.25, -0.2) is 13.1 Å². The van der Waals surface area contributed by atoms with Gasteiger partial charge in [0.15, 0.2) is 0 Å². The van der Waals surface area contributed by atoms with Crippen molar-refractivity contribution in [1.29, 1.82) is 0 Å². The number of nitrogens with two attached hydrogens (primary N) is 1. The highest BCUT2D eigenvalue weighted by molar-refractivity contribution is 7.89. The minimum atomic E-state index is -4.07. The lowest BCUT2D eigenvalue weighted by atomic mass is 9.75. The Labute approximate surface area is 207 Å². The molecule has 2 fully saturated rings. The third kappa shape index (κ3) is 4.08. The number of aliphatic carboxylic acids is 1. The second-order valence-corrected chi connectivity index (χ2v) is 11.0. The molecule has 3 aromatic rings. The molecule has 5 rings (SSSR count). The van der Waals surface area contributed by atoms with Crippen molar-refractivity contribution in [2.45, 2.75) is 48.9 Å². The first-order chi connectivity index (χ1) is 17.1. The summed E-state index contributed by atoms with van der Waals surface area (Å²) in [7, 11) is -4.07. The summed E-state index contributed by atoms with van der Waals surface area (Å²) in [6.45, 7) is 2.19. The van der Waals surface area contributed by atoms with Gasteiger partial charge < -0.3 is 15.6 Å². The van der Waals surface area contributed by atoms with Gasteiger partial charge >= 0.3 is 5.97 Å². The maximum absolute atomic E-state index is 13.1. The highest BCUT2D eigenvalue weighted by atomic mass is 32.2. The average molecular weight is 511 g/mol. The summed E-state index contributed by atoms with van der Waals surface area (Å²) in [5.41, 5.74) is 6.74. The number of primary amides is 1. The van der Waals surface area contributed by atoms with E-state index < -0.39 is 45.4 Å². The molecule has 2 aliphatic heterocycles. The normalized spacial score (nSPS) is 25.2. The molecule has 0 radical (unpaired) electrons. The summed E-state index contributed by atoms with van der Waals surface area (Å²) in [5, 5.41) is 13.7. The number of ether oxygens (including phenoxy) is 1. The van der Waals surface area contributed by atoms with Crippen LogP contribution in [0.1, 0.15) is 24.1 Å². The first-order valence-electron chi connectivity index (χ1n) is 11.5. The number of pyridine rings is 1. The minimum absolute atomic E-state index is 0.0416. The van der Waals surface area contributed by atoms with E-state index in [4.69, 9.17) is 10.5 Å². The molecule has 11 heteroatoms. The molecule has 4 atom stereocenters. The molecular weight excluding hydrogens is 484 g/mol. The van der Waals surface area contributed by atoms with Gasteiger partial charge in [0, 0.05) is 22.7 Å². The van der Waals surface area contributed by atoms with Gasteiger partial charge in [-0.1, -0.05) is 18.2 Å². The van der Waals surface area contributed by atoms with Gasteiger partial charge in [0.1, 0.15) is 23.8 Å². The molecule has 10 nitrogen and oxygen atoms in total. The number of para-hydroxylation sites is 1. The summed E-state index contributed by atoms with van der Waals surface area (Å²) >= 11 is 0. The Morgan fingerprint density at radius 3 is 2.64 bits per heavy atom. The summed E-state index contributed by atoms with van der Waals surface area (Å²) < 4.78 is 34.6. The van der Waals surface area contributed by atoms with E-state index in [1.165, 1.54) is 12.1 Å². The zero-order valence-corrected chi connectivity index (χ0v) is 20.3. The van der Waals surface area contributed by atoms with Crippen molar-refractivity contribution >= 4 is 32.8 Å². The molecular formula is C25H26N4O6S. The van der Waals surface area contributed by atoms with Crippen LogP contribution in [0.5, 0.6) is 5.75 Å². The highest BCUT2D eigenvalue weighted by Crippen LogP contribution is 2.43. The van der Waals surface area contributed by atoms with Crippen molar-refractivity contribution in [2.24, 2.45) is 11.7 Å². The van der Waals surface area contributed by atoms with E-state index in [0.29, 0.717) is 12.2 Å². The molecule has 1 amide bonds. The average Bonchev–Trinajstić information content (AvgIpc) is 3.41. The third-order valence-electron chi connectivity index (χ3n) is 7.07. The van der Waals surface area contributed by atoms with Crippen molar-refractivity contribution < 1.29 is 27.9 Å². The van der Waals surface area contributed by atoms with E-state index >= 15 is 0 Å². The second kappa shape index (κ2) is 8.84. The number of hydrogen-bond acceptors (Lipinski definition) is 7. The zero-order valence-electron chi connectivity index (χ0n) is 19.5. The fourth-order valence-corrected chi connectivity index (χ4v) is 6.70. The molecule has 3 heterocycles. The van der Waals surface area contributed by atoms with Gasteiger partial charge in [-0.15, -0.1) is 0 Å². The number of carboxylic acids is 1. The molecule has 2 aromatic carbocycles. The Kier molecular flexibility index (Phi) is 5.93.